The van der Waals surface area contributed by atoms with Crippen LogP contribution in [0.15, 0.2) is 48.5 Å². The summed E-state index contributed by atoms with van der Waals surface area (Å²) in [6.45, 7) is 8.60. The molecule has 2 rings (SSSR count). The highest BCUT2D eigenvalue weighted by atomic mass is 16.5. The predicted molar refractivity (Wildman–Crippen MR) is 85.5 cm³/mol. The Hall–Kier alpha value is -1.76. The van der Waals surface area contributed by atoms with Gasteiger partial charge in [0.05, 0.1) is 0 Å². The van der Waals surface area contributed by atoms with Crippen molar-refractivity contribution in [1.29, 1.82) is 0 Å². The highest BCUT2D eigenvalue weighted by Crippen LogP contribution is 2.27. The Morgan fingerprint density at radius 3 is 1.85 bits per heavy atom. The number of ether oxygens (including phenoxy) is 1. The third-order valence-corrected chi connectivity index (χ3v) is 3.85. The Kier molecular flexibility index (Phi) is 4.84. The van der Waals surface area contributed by atoms with Crippen LogP contribution in [0.3, 0.4) is 0 Å². The minimum absolute atomic E-state index is 0.172. The highest BCUT2D eigenvalue weighted by molar-refractivity contribution is 5.28. The lowest BCUT2D eigenvalue weighted by molar-refractivity contribution is 0.185. The van der Waals surface area contributed by atoms with Crippen molar-refractivity contribution >= 4 is 0 Å². The monoisotopic (exact) mass is 268 g/mol. The molecule has 0 aliphatic rings. The van der Waals surface area contributed by atoms with E-state index < -0.39 is 0 Å². The van der Waals surface area contributed by atoms with E-state index in [0.29, 0.717) is 5.92 Å². The molecule has 2 aromatic carbocycles. The second kappa shape index (κ2) is 6.60. The van der Waals surface area contributed by atoms with Crippen LogP contribution in [-0.2, 0) is 0 Å². The number of hydrogen-bond donors (Lipinski definition) is 0. The minimum Gasteiger partial charge on any atom is -0.490 e. The third kappa shape index (κ3) is 3.63. The van der Waals surface area contributed by atoms with Crippen LogP contribution in [0.1, 0.15) is 42.9 Å². The largest absolute Gasteiger partial charge is 0.490 e. The predicted octanol–water partition coefficient (Wildman–Crippen LogP) is 5.26. The van der Waals surface area contributed by atoms with Gasteiger partial charge in [0.1, 0.15) is 11.9 Å². The van der Waals surface area contributed by atoms with Crippen LogP contribution >= 0.6 is 0 Å². The van der Waals surface area contributed by atoms with E-state index in [-0.39, 0.29) is 6.10 Å². The molecule has 0 amide bonds. The van der Waals surface area contributed by atoms with Crippen LogP contribution in [0, 0.1) is 13.8 Å². The van der Waals surface area contributed by atoms with E-state index in [1.807, 2.05) is 12.1 Å². The lowest BCUT2D eigenvalue weighted by atomic mass is 9.91. The Bertz CT molecular complexity index is 525. The zero-order chi connectivity index (χ0) is 14.5. The second-order valence-corrected chi connectivity index (χ2v) is 5.56. The van der Waals surface area contributed by atoms with E-state index >= 15 is 0 Å². The Morgan fingerprint density at radius 1 is 0.850 bits per heavy atom. The molecular formula is C19H24O. The summed E-state index contributed by atoms with van der Waals surface area (Å²) >= 11 is 0. The highest BCUT2D eigenvalue weighted by Gasteiger charge is 2.19. The average molecular weight is 268 g/mol. The maximum absolute atomic E-state index is 6.11. The molecule has 0 radical (unpaired) electrons. The molecule has 0 saturated carbocycles. The Morgan fingerprint density at radius 2 is 1.35 bits per heavy atom. The first-order valence-corrected chi connectivity index (χ1v) is 7.40. The molecule has 0 aliphatic carbocycles. The van der Waals surface area contributed by atoms with E-state index in [0.717, 1.165) is 12.2 Å². The maximum Gasteiger partial charge on any atom is 0.119 e. The van der Waals surface area contributed by atoms with Crippen molar-refractivity contribution in [2.24, 2.45) is 0 Å². The molecule has 2 aromatic rings. The normalized spacial score (nSPS) is 13.8. The van der Waals surface area contributed by atoms with Crippen molar-refractivity contribution in [3.63, 3.8) is 0 Å². The topological polar surface area (TPSA) is 9.23 Å². The van der Waals surface area contributed by atoms with Gasteiger partial charge >= 0.3 is 0 Å². The first kappa shape index (κ1) is 14.6. The Labute approximate surface area is 122 Å². The fourth-order valence-corrected chi connectivity index (χ4v) is 2.57. The second-order valence-electron chi connectivity index (χ2n) is 5.56. The van der Waals surface area contributed by atoms with Crippen LogP contribution < -0.4 is 4.74 Å². The molecule has 2 atom stereocenters. The molecular weight excluding hydrogens is 244 g/mol. The van der Waals surface area contributed by atoms with Gasteiger partial charge < -0.3 is 4.74 Å². The van der Waals surface area contributed by atoms with Crippen LogP contribution in [0.5, 0.6) is 5.75 Å². The lowest BCUT2D eigenvalue weighted by Gasteiger charge is -2.24. The van der Waals surface area contributed by atoms with Crippen LogP contribution in [-0.4, -0.2) is 6.10 Å². The maximum atomic E-state index is 6.11. The zero-order valence-corrected chi connectivity index (χ0v) is 12.9. The molecule has 0 aliphatic heterocycles. The van der Waals surface area contributed by atoms with Crippen molar-refractivity contribution in [2.45, 2.75) is 46.1 Å². The van der Waals surface area contributed by atoms with Crippen molar-refractivity contribution in [1.82, 2.24) is 0 Å². The molecule has 0 N–H and O–H groups in total. The molecule has 0 saturated heterocycles. The van der Waals surface area contributed by atoms with Gasteiger partial charge in [-0.15, -0.1) is 0 Å². The molecule has 20 heavy (non-hydrogen) atoms. The summed E-state index contributed by atoms with van der Waals surface area (Å²) in [4.78, 5) is 0. The molecule has 1 heteroatoms. The van der Waals surface area contributed by atoms with E-state index in [1.54, 1.807) is 0 Å². The summed E-state index contributed by atoms with van der Waals surface area (Å²) in [6.07, 6.45) is 1.25. The molecule has 0 spiro atoms. The average Bonchev–Trinajstić information content (AvgIpc) is 2.44. The molecule has 106 valence electrons. The summed E-state index contributed by atoms with van der Waals surface area (Å²) in [5.74, 6) is 1.38. The van der Waals surface area contributed by atoms with Crippen LogP contribution in [0.25, 0.3) is 0 Å². The molecule has 0 aromatic heterocycles. The van der Waals surface area contributed by atoms with Crippen molar-refractivity contribution < 1.29 is 4.74 Å². The van der Waals surface area contributed by atoms with Gasteiger partial charge in [-0.3, -0.25) is 0 Å². The van der Waals surface area contributed by atoms with E-state index in [2.05, 4.69) is 64.1 Å². The SMILES string of the molecule is CCC(c1ccc(C)cc1)C(C)Oc1ccc(C)cc1. The molecule has 2 unspecified atom stereocenters. The van der Waals surface area contributed by atoms with E-state index in [1.165, 1.54) is 16.7 Å². The summed E-state index contributed by atoms with van der Waals surface area (Å²) in [7, 11) is 0. The molecule has 1 nitrogen and oxygen atoms in total. The van der Waals surface area contributed by atoms with Crippen LogP contribution in [0.2, 0.25) is 0 Å². The van der Waals surface area contributed by atoms with E-state index in [4.69, 9.17) is 4.74 Å². The molecule has 0 heterocycles. The van der Waals surface area contributed by atoms with E-state index in [9.17, 15) is 0 Å². The minimum atomic E-state index is 0.172. The third-order valence-electron chi connectivity index (χ3n) is 3.85. The van der Waals surface area contributed by atoms with Crippen molar-refractivity contribution in [2.75, 3.05) is 0 Å². The molecule has 0 bridgehead atoms. The van der Waals surface area contributed by atoms with Gasteiger partial charge in [0, 0.05) is 5.92 Å². The summed E-state index contributed by atoms with van der Waals surface area (Å²) in [5.41, 5.74) is 3.92. The number of benzene rings is 2. The number of hydrogen-bond acceptors (Lipinski definition) is 1. The molecule has 0 fully saturated rings. The van der Waals surface area contributed by atoms with Gasteiger partial charge in [0.2, 0.25) is 0 Å². The Balaban J connectivity index is 2.10. The van der Waals surface area contributed by atoms with Crippen molar-refractivity contribution in [3.05, 3.63) is 65.2 Å². The smallest absolute Gasteiger partial charge is 0.119 e. The standard InChI is InChI=1S/C19H24O/c1-5-19(17-10-6-14(2)7-11-17)16(4)20-18-12-8-15(3)9-13-18/h6-13,16,19H,5H2,1-4H3. The van der Waals surface area contributed by atoms with Gasteiger partial charge in [-0.25, -0.2) is 0 Å². The van der Waals surface area contributed by atoms with Gasteiger partial charge in [-0.05, 0) is 44.9 Å². The van der Waals surface area contributed by atoms with Gasteiger partial charge in [0.15, 0.2) is 0 Å². The fraction of sp³-hybridized carbons (Fsp3) is 0.368. The summed E-state index contributed by atoms with van der Waals surface area (Å²) in [5, 5.41) is 0. The van der Waals surface area contributed by atoms with Crippen LogP contribution in [0.4, 0.5) is 0 Å². The first-order chi connectivity index (χ1) is 9.60. The lowest BCUT2D eigenvalue weighted by Crippen LogP contribution is -2.21. The van der Waals surface area contributed by atoms with Gasteiger partial charge in [0.25, 0.3) is 0 Å². The quantitative estimate of drug-likeness (QED) is 0.718. The van der Waals surface area contributed by atoms with Crippen molar-refractivity contribution in [3.8, 4) is 5.75 Å². The summed E-state index contributed by atoms with van der Waals surface area (Å²) < 4.78 is 6.11. The fourth-order valence-electron chi connectivity index (χ4n) is 2.57. The van der Waals surface area contributed by atoms with Gasteiger partial charge in [-0.2, -0.15) is 0 Å². The first-order valence-electron chi connectivity index (χ1n) is 7.40. The zero-order valence-electron chi connectivity index (χ0n) is 12.9. The summed E-state index contributed by atoms with van der Waals surface area (Å²) in [6, 6.07) is 17.1. The number of aryl methyl sites for hydroxylation is 2. The number of rotatable bonds is 5. The van der Waals surface area contributed by atoms with Gasteiger partial charge in [-0.1, -0.05) is 54.4 Å².